The second-order valence-corrected chi connectivity index (χ2v) is 3.28. The van der Waals surface area contributed by atoms with Crippen molar-refractivity contribution in [2.75, 3.05) is 0 Å². The molecule has 72 valence electrons. The van der Waals surface area contributed by atoms with Crippen LogP contribution in [-0.4, -0.2) is 22.5 Å². The standard InChI is InChI=1S/C9H13NO3/c1-2-5-9(8(12)13)6-3-4-7(11)10-9/h2H,1,3-6H2,(H,10,11)(H,12,13)/t9-/m1/s1. The number of aliphatic carboxylic acids is 1. The Morgan fingerprint density at radius 3 is 2.92 bits per heavy atom. The Bertz CT molecular complexity index is 249. The van der Waals surface area contributed by atoms with Gasteiger partial charge < -0.3 is 10.4 Å². The molecule has 0 aromatic rings. The van der Waals surface area contributed by atoms with Crippen LogP contribution in [0.4, 0.5) is 0 Å². The van der Waals surface area contributed by atoms with Crippen molar-refractivity contribution in [3.8, 4) is 0 Å². The van der Waals surface area contributed by atoms with Crippen LogP contribution in [0.25, 0.3) is 0 Å². The van der Waals surface area contributed by atoms with Crippen LogP contribution in [0.2, 0.25) is 0 Å². The van der Waals surface area contributed by atoms with Gasteiger partial charge in [0.15, 0.2) is 0 Å². The molecule has 1 amide bonds. The summed E-state index contributed by atoms with van der Waals surface area (Å²) >= 11 is 0. The topological polar surface area (TPSA) is 66.4 Å². The summed E-state index contributed by atoms with van der Waals surface area (Å²) in [6.07, 6.45) is 3.35. The largest absolute Gasteiger partial charge is 0.479 e. The summed E-state index contributed by atoms with van der Waals surface area (Å²) in [5.74, 6) is -1.16. The predicted molar refractivity (Wildman–Crippen MR) is 47.2 cm³/mol. The van der Waals surface area contributed by atoms with E-state index in [1.165, 1.54) is 6.08 Å². The summed E-state index contributed by atoms with van der Waals surface area (Å²) in [5, 5.41) is 11.5. The van der Waals surface area contributed by atoms with Crippen molar-refractivity contribution in [2.24, 2.45) is 0 Å². The first-order chi connectivity index (χ1) is 6.10. The molecule has 1 heterocycles. The van der Waals surface area contributed by atoms with Gasteiger partial charge in [0.05, 0.1) is 0 Å². The van der Waals surface area contributed by atoms with E-state index in [2.05, 4.69) is 11.9 Å². The molecule has 1 atom stereocenters. The predicted octanol–water partition coefficient (Wildman–Crippen LogP) is 0.686. The Balaban J connectivity index is 2.82. The van der Waals surface area contributed by atoms with Crippen LogP contribution in [0.5, 0.6) is 0 Å². The van der Waals surface area contributed by atoms with Crippen LogP contribution in [0.3, 0.4) is 0 Å². The van der Waals surface area contributed by atoms with E-state index in [-0.39, 0.29) is 12.3 Å². The van der Waals surface area contributed by atoms with E-state index in [1.54, 1.807) is 0 Å². The Morgan fingerprint density at radius 1 is 1.77 bits per heavy atom. The van der Waals surface area contributed by atoms with E-state index in [1.807, 2.05) is 0 Å². The number of carboxylic acids is 1. The third kappa shape index (κ3) is 1.88. The van der Waals surface area contributed by atoms with Crippen LogP contribution in [-0.2, 0) is 9.59 Å². The van der Waals surface area contributed by atoms with Crippen molar-refractivity contribution < 1.29 is 14.7 Å². The quantitative estimate of drug-likeness (QED) is 0.632. The molecule has 0 aliphatic carbocycles. The summed E-state index contributed by atoms with van der Waals surface area (Å²) in [4.78, 5) is 22.0. The number of carbonyl (C=O) groups is 2. The van der Waals surface area contributed by atoms with Gasteiger partial charge in [-0.15, -0.1) is 6.58 Å². The van der Waals surface area contributed by atoms with Crippen LogP contribution in [0, 0.1) is 0 Å². The molecule has 1 fully saturated rings. The van der Waals surface area contributed by atoms with Gasteiger partial charge in [-0.1, -0.05) is 6.08 Å². The first-order valence-corrected chi connectivity index (χ1v) is 4.26. The monoisotopic (exact) mass is 183 g/mol. The summed E-state index contributed by atoms with van der Waals surface area (Å²) in [7, 11) is 0. The molecule has 4 nitrogen and oxygen atoms in total. The highest BCUT2D eigenvalue weighted by atomic mass is 16.4. The van der Waals surface area contributed by atoms with Gasteiger partial charge >= 0.3 is 5.97 Å². The van der Waals surface area contributed by atoms with E-state index in [0.29, 0.717) is 19.3 Å². The van der Waals surface area contributed by atoms with Crippen LogP contribution < -0.4 is 5.32 Å². The van der Waals surface area contributed by atoms with Crippen LogP contribution in [0.15, 0.2) is 12.7 Å². The van der Waals surface area contributed by atoms with E-state index in [9.17, 15) is 9.59 Å². The number of piperidine rings is 1. The van der Waals surface area contributed by atoms with Gasteiger partial charge in [0.1, 0.15) is 5.54 Å². The number of carboxylic acid groups (broad SMARTS) is 1. The molecule has 0 bridgehead atoms. The first-order valence-electron chi connectivity index (χ1n) is 4.26. The molecule has 0 saturated carbocycles. The average Bonchev–Trinajstić information content (AvgIpc) is 2.04. The van der Waals surface area contributed by atoms with Crippen molar-refractivity contribution in [3.63, 3.8) is 0 Å². The third-order valence-corrected chi connectivity index (χ3v) is 2.29. The first kappa shape index (κ1) is 9.77. The van der Waals surface area contributed by atoms with Gasteiger partial charge in [0, 0.05) is 6.42 Å². The number of hydrogen-bond donors (Lipinski definition) is 2. The van der Waals surface area contributed by atoms with E-state index in [4.69, 9.17) is 5.11 Å². The minimum atomic E-state index is -1.10. The van der Waals surface area contributed by atoms with E-state index in [0.717, 1.165) is 0 Å². The smallest absolute Gasteiger partial charge is 0.329 e. The van der Waals surface area contributed by atoms with Crippen molar-refractivity contribution in [1.82, 2.24) is 5.32 Å². The highest BCUT2D eigenvalue weighted by Gasteiger charge is 2.40. The molecule has 0 unspecified atom stereocenters. The van der Waals surface area contributed by atoms with Crippen LogP contribution in [0.1, 0.15) is 25.7 Å². The lowest BCUT2D eigenvalue weighted by atomic mass is 9.86. The van der Waals surface area contributed by atoms with Crippen molar-refractivity contribution in [3.05, 3.63) is 12.7 Å². The Morgan fingerprint density at radius 2 is 2.46 bits per heavy atom. The molecule has 1 aliphatic heterocycles. The second-order valence-electron chi connectivity index (χ2n) is 3.28. The van der Waals surface area contributed by atoms with Crippen molar-refractivity contribution in [1.29, 1.82) is 0 Å². The minimum absolute atomic E-state index is 0.185. The summed E-state index contributed by atoms with van der Waals surface area (Å²) in [6, 6.07) is 0. The molecule has 1 saturated heterocycles. The highest BCUT2D eigenvalue weighted by molar-refractivity contribution is 5.88. The zero-order chi connectivity index (χ0) is 9.90. The number of carbonyl (C=O) groups excluding carboxylic acids is 1. The maximum absolute atomic E-state index is 11.0. The highest BCUT2D eigenvalue weighted by Crippen LogP contribution is 2.24. The molecule has 0 spiro atoms. The fourth-order valence-corrected chi connectivity index (χ4v) is 1.59. The Labute approximate surface area is 76.6 Å². The zero-order valence-corrected chi connectivity index (χ0v) is 7.38. The maximum Gasteiger partial charge on any atom is 0.329 e. The molecule has 13 heavy (non-hydrogen) atoms. The molecule has 4 heteroatoms. The van der Waals surface area contributed by atoms with Gasteiger partial charge in [-0.05, 0) is 19.3 Å². The van der Waals surface area contributed by atoms with E-state index < -0.39 is 11.5 Å². The lowest BCUT2D eigenvalue weighted by Gasteiger charge is -2.33. The lowest BCUT2D eigenvalue weighted by molar-refractivity contribution is -0.149. The Hall–Kier alpha value is -1.32. The minimum Gasteiger partial charge on any atom is -0.479 e. The molecule has 1 rings (SSSR count). The number of hydrogen-bond acceptors (Lipinski definition) is 2. The molecular formula is C9H13NO3. The molecule has 1 aliphatic rings. The third-order valence-electron chi connectivity index (χ3n) is 2.29. The van der Waals surface area contributed by atoms with Crippen molar-refractivity contribution >= 4 is 11.9 Å². The SMILES string of the molecule is C=CC[C@]1(C(=O)O)CCCC(=O)N1. The van der Waals surface area contributed by atoms with Gasteiger partial charge in [-0.2, -0.15) is 0 Å². The molecule has 0 aromatic carbocycles. The molecular weight excluding hydrogens is 170 g/mol. The normalized spacial score (nSPS) is 27.8. The molecule has 0 radical (unpaired) electrons. The summed E-state index contributed by atoms with van der Waals surface area (Å²) < 4.78 is 0. The fourth-order valence-electron chi connectivity index (χ4n) is 1.59. The van der Waals surface area contributed by atoms with Crippen molar-refractivity contribution in [2.45, 2.75) is 31.2 Å². The zero-order valence-electron chi connectivity index (χ0n) is 7.38. The van der Waals surface area contributed by atoms with Crippen LogP contribution >= 0.6 is 0 Å². The average molecular weight is 183 g/mol. The molecule has 0 aromatic heterocycles. The number of nitrogens with one attached hydrogen (secondary N) is 1. The van der Waals surface area contributed by atoms with Gasteiger partial charge in [-0.25, -0.2) is 4.79 Å². The van der Waals surface area contributed by atoms with Gasteiger partial charge in [0.2, 0.25) is 5.91 Å². The summed E-state index contributed by atoms with van der Waals surface area (Å²) in [6.45, 7) is 3.49. The van der Waals surface area contributed by atoms with Gasteiger partial charge in [-0.3, -0.25) is 4.79 Å². The molecule has 2 N–H and O–H groups in total. The van der Waals surface area contributed by atoms with Gasteiger partial charge in [0.25, 0.3) is 0 Å². The second kappa shape index (κ2) is 3.60. The fraction of sp³-hybridized carbons (Fsp3) is 0.556. The summed E-state index contributed by atoms with van der Waals surface area (Å²) in [5.41, 5.74) is -1.10. The van der Waals surface area contributed by atoms with E-state index >= 15 is 0 Å². The lowest BCUT2D eigenvalue weighted by Crippen LogP contribution is -2.56. The number of amides is 1. The number of rotatable bonds is 3. The Kier molecular flexibility index (Phi) is 2.70. The maximum atomic E-state index is 11.0.